The number of rotatable bonds is 7. The van der Waals surface area contributed by atoms with Gasteiger partial charge in [0.1, 0.15) is 11.5 Å². The summed E-state index contributed by atoms with van der Waals surface area (Å²) in [5.41, 5.74) is 1.24. The predicted octanol–water partition coefficient (Wildman–Crippen LogP) is 3.40. The maximum absolute atomic E-state index is 12.9. The van der Waals surface area contributed by atoms with Crippen molar-refractivity contribution in [1.82, 2.24) is 19.7 Å². The van der Waals surface area contributed by atoms with E-state index in [2.05, 4.69) is 27.1 Å². The third-order valence-electron chi connectivity index (χ3n) is 3.38. The topological polar surface area (TPSA) is 72.7 Å². The Bertz CT molecular complexity index is 896. The van der Waals surface area contributed by atoms with Gasteiger partial charge in [0, 0.05) is 18.4 Å². The van der Waals surface area contributed by atoms with E-state index < -0.39 is 0 Å². The molecular formula is C18H16FN5OS. The van der Waals surface area contributed by atoms with Gasteiger partial charge in [-0.05, 0) is 36.4 Å². The maximum Gasteiger partial charge on any atom is 0.234 e. The number of thioether (sulfide) groups is 1. The van der Waals surface area contributed by atoms with Gasteiger partial charge in [-0.1, -0.05) is 23.9 Å². The highest BCUT2D eigenvalue weighted by atomic mass is 32.2. The Morgan fingerprint density at radius 2 is 2.04 bits per heavy atom. The number of carbonyl (C=O) groups excluding carboxylic acids is 1. The number of hydrogen-bond donors (Lipinski definition) is 1. The molecule has 0 saturated carbocycles. The molecule has 2 heterocycles. The number of nitrogens with one attached hydrogen (secondary N) is 1. The minimum absolute atomic E-state index is 0.148. The Balaban J connectivity index is 1.69. The second-order valence-electron chi connectivity index (χ2n) is 5.26. The quantitative estimate of drug-likeness (QED) is 0.510. The molecule has 0 atom stereocenters. The van der Waals surface area contributed by atoms with E-state index in [0.29, 0.717) is 28.9 Å². The van der Waals surface area contributed by atoms with Gasteiger partial charge >= 0.3 is 0 Å². The normalized spacial score (nSPS) is 10.5. The van der Waals surface area contributed by atoms with E-state index >= 15 is 0 Å². The number of carbonyl (C=O) groups is 1. The smallest absolute Gasteiger partial charge is 0.234 e. The molecule has 0 bridgehead atoms. The standard InChI is InChI=1S/C18H16FN5OS/c1-2-11-24-17(15-5-3-4-10-20-15)22-23-18(24)26-12-16(25)21-14-8-6-13(19)7-9-14/h2-10H,1,11-12H2,(H,21,25). The van der Waals surface area contributed by atoms with Crippen LogP contribution in [-0.4, -0.2) is 31.4 Å². The van der Waals surface area contributed by atoms with Gasteiger partial charge in [0.25, 0.3) is 0 Å². The van der Waals surface area contributed by atoms with Crippen molar-refractivity contribution in [3.8, 4) is 11.5 Å². The second-order valence-corrected chi connectivity index (χ2v) is 6.21. The number of halogens is 1. The molecule has 132 valence electrons. The van der Waals surface area contributed by atoms with Crippen molar-refractivity contribution >= 4 is 23.4 Å². The molecule has 0 aliphatic heterocycles. The van der Waals surface area contributed by atoms with Crippen LogP contribution in [0, 0.1) is 5.82 Å². The Labute approximate surface area is 154 Å². The SMILES string of the molecule is C=CCn1c(SCC(=O)Nc2ccc(F)cc2)nnc1-c1ccccn1. The highest BCUT2D eigenvalue weighted by molar-refractivity contribution is 7.99. The molecule has 1 amide bonds. The van der Waals surface area contributed by atoms with Crippen LogP contribution < -0.4 is 5.32 Å². The zero-order valence-electron chi connectivity index (χ0n) is 13.8. The van der Waals surface area contributed by atoms with E-state index in [-0.39, 0.29) is 17.5 Å². The Kier molecular flexibility index (Phi) is 5.75. The molecule has 0 radical (unpaired) electrons. The zero-order valence-corrected chi connectivity index (χ0v) is 14.6. The summed E-state index contributed by atoms with van der Waals surface area (Å²) in [6, 6.07) is 11.2. The first kappa shape index (κ1) is 17.8. The van der Waals surface area contributed by atoms with Crippen LogP contribution in [0.25, 0.3) is 11.5 Å². The maximum atomic E-state index is 12.9. The van der Waals surface area contributed by atoms with Crippen LogP contribution in [0.1, 0.15) is 0 Å². The van der Waals surface area contributed by atoms with Crippen LogP contribution in [0.5, 0.6) is 0 Å². The number of nitrogens with zero attached hydrogens (tertiary/aromatic N) is 4. The molecule has 0 aliphatic carbocycles. The molecular weight excluding hydrogens is 353 g/mol. The molecule has 0 unspecified atom stereocenters. The Morgan fingerprint density at radius 1 is 1.23 bits per heavy atom. The number of benzene rings is 1. The first-order chi connectivity index (χ1) is 12.7. The molecule has 0 spiro atoms. The molecule has 2 aromatic heterocycles. The number of allylic oxidation sites excluding steroid dienone is 1. The van der Waals surface area contributed by atoms with Crippen LogP contribution in [0.15, 0.2) is 66.5 Å². The first-order valence-electron chi connectivity index (χ1n) is 7.81. The van der Waals surface area contributed by atoms with E-state index in [1.165, 1.54) is 36.0 Å². The van der Waals surface area contributed by atoms with Gasteiger partial charge in [0.2, 0.25) is 5.91 Å². The van der Waals surface area contributed by atoms with Gasteiger partial charge in [-0.25, -0.2) is 4.39 Å². The molecule has 0 aliphatic rings. The minimum Gasteiger partial charge on any atom is -0.325 e. The van der Waals surface area contributed by atoms with Crippen molar-refractivity contribution in [3.05, 3.63) is 67.1 Å². The van der Waals surface area contributed by atoms with Gasteiger partial charge in [-0.2, -0.15) is 0 Å². The number of pyridine rings is 1. The fourth-order valence-corrected chi connectivity index (χ4v) is 2.98. The third kappa shape index (κ3) is 4.34. The van der Waals surface area contributed by atoms with Crippen LogP contribution in [-0.2, 0) is 11.3 Å². The summed E-state index contributed by atoms with van der Waals surface area (Å²) in [6.07, 6.45) is 3.42. The molecule has 3 rings (SSSR count). The number of anilines is 1. The Morgan fingerprint density at radius 3 is 2.73 bits per heavy atom. The zero-order chi connectivity index (χ0) is 18.4. The van der Waals surface area contributed by atoms with Gasteiger partial charge in [-0.15, -0.1) is 16.8 Å². The fourth-order valence-electron chi connectivity index (χ4n) is 2.23. The van der Waals surface area contributed by atoms with Crippen molar-refractivity contribution in [2.75, 3.05) is 11.1 Å². The highest BCUT2D eigenvalue weighted by Crippen LogP contribution is 2.23. The molecule has 0 fully saturated rings. The molecule has 3 aromatic rings. The average Bonchev–Trinajstić information content (AvgIpc) is 3.06. The van der Waals surface area contributed by atoms with E-state index in [0.717, 1.165) is 0 Å². The van der Waals surface area contributed by atoms with Gasteiger partial charge in [0.15, 0.2) is 11.0 Å². The van der Waals surface area contributed by atoms with E-state index in [4.69, 9.17) is 0 Å². The molecule has 1 aromatic carbocycles. The van der Waals surface area contributed by atoms with E-state index in [1.807, 2.05) is 22.8 Å². The summed E-state index contributed by atoms with van der Waals surface area (Å²) >= 11 is 1.26. The van der Waals surface area contributed by atoms with Crippen LogP contribution in [0.3, 0.4) is 0 Å². The van der Waals surface area contributed by atoms with E-state index in [1.54, 1.807) is 12.3 Å². The number of hydrogen-bond acceptors (Lipinski definition) is 5. The third-order valence-corrected chi connectivity index (χ3v) is 4.35. The lowest BCUT2D eigenvalue weighted by Gasteiger charge is -2.08. The van der Waals surface area contributed by atoms with Gasteiger partial charge in [0.05, 0.1) is 5.75 Å². The summed E-state index contributed by atoms with van der Waals surface area (Å²) in [4.78, 5) is 16.4. The summed E-state index contributed by atoms with van der Waals surface area (Å²) in [5, 5.41) is 11.7. The molecule has 0 saturated heterocycles. The summed E-state index contributed by atoms with van der Waals surface area (Å²) < 4.78 is 14.8. The molecule has 1 N–H and O–H groups in total. The van der Waals surface area contributed by atoms with Crippen LogP contribution in [0.2, 0.25) is 0 Å². The van der Waals surface area contributed by atoms with Crippen molar-refractivity contribution in [3.63, 3.8) is 0 Å². The fraction of sp³-hybridized carbons (Fsp3) is 0.111. The predicted molar refractivity (Wildman–Crippen MR) is 99.2 cm³/mol. The highest BCUT2D eigenvalue weighted by Gasteiger charge is 2.15. The average molecular weight is 369 g/mol. The summed E-state index contributed by atoms with van der Waals surface area (Å²) in [5.74, 6) is 0.201. The lowest BCUT2D eigenvalue weighted by molar-refractivity contribution is -0.113. The lowest BCUT2D eigenvalue weighted by atomic mass is 10.3. The van der Waals surface area contributed by atoms with Crippen molar-refractivity contribution in [2.24, 2.45) is 0 Å². The van der Waals surface area contributed by atoms with Gasteiger partial charge < -0.3 is 5.32 Å². The lowest BCUT2D eigenvalue weighted by Crippen LogP contribution is -2.14. The Hall–Kier alpha value is -3.00. The van der Waals surface area contributed by atoms with Crippen LogP contribution in [0.4, 0.5) is 10.1 Å². The van der Waals surface area contributed by atoms with Gasteiger partial charge in [-0.3, -0.25) is 14.3 Å². The number of amides is 1. The molecule has 6 nitrogen and oxygen atoms in total. The monoisotopic (exact) mass is 369 g/mol. The van der Waals surface area contributed by atoms with Crippen molar-refractivity contribution in [1.29, 1.82) is 0 Å². The second kappa shape index (κ2) is 8.39. The molecule has 8 heteroatoms. The minimum atomic E-state index is -0.350. The molecule has 26 heavy (non-hydrogen) atoms. The number of aromatic nitrogens is 4. The van der Waals surface area contributed by atoms with Crippen molar-refractivity contribution < 1.29 is 9.18 Å². The van der Waals surface area contributed by atoms with Crippen molar-refractivity contribution in [2.45, 2.75) is 11.7 Å². The first-order valence-corrected chi connectivity index (χ1v) is 8.79. The largest absolute Gasteiger partial charge is 0.325 e. The van der Waals surface area contributed by atoms with E-state index in [9.17, 15) is 9.18 Å². The summed E-state index contributed by atoms with van der Waals surface area (Å²) in [7, 11) is 0. The van der Waals surface area contributed by atoms with Crippen LogP contribution >= 0.6 is 11.8 Å². The summed E-state index contributed by atoms with van der Waals surface area (Å²) in [6.45, 7) is 4.25.